The van der Waals surface area contributed by atoms with E-state index in [1.54, 1.807) is 44.4 Å². The van der Waals surface area contributed by atoms with Crippen molar-refractivity contribution in [1.82, 2.24) is 4.90 Å². The van der Waals surface area contributed by atoms with Gasteiger partial charge in [0.25, 0.3) is 5.91 Å². The van der Waals surface area contributed by atoms with Gasteiger partial charge in [0.15, 0.2) is 28.4 Å². The second-order valence-corrected chi connectivity index (χ2v) is 9.98. The number of fused-ring (bicyclic) bond motifs is 2. The van der Waals surface area contributed by atoms with Crippen molar-refractivity contribution in [1.29, 1.82) is 0 Å². The van der Waals surface area contributed by atoms with E-state index in [4.69, 9.17) is 23.4 Å². The van der Waals surface area contributed by atoms with Crippen LogP contribution >= 0.6 is 0 Å². The number of amides is 1. The first-order chi connectivity index (χ1) is 19.8. The molecule has 2 heterocycles. The largest absolute Gasteiger partial charge is 0.493 e. The zero-order valence-corrected chi connectivity index (χ0v) is 23.9. The van der Waals surface area contributed by atoms with Crippen LogP contribution in [-0.4, -0.2) is 45.3 Å². The third-order valence-corrected chi connectivity index (χ3v) is 7.35. The molecule has 0 bridgehead atoms. The van der Waals surface area contributed by atoms with Crippen LogP contribution in [0.3, 0.4) is 0 Å². The van der Waals surface area contributed by atoms with Crippen molar-refractivity contribution in [2.24, 2.45) is 0 Å². The van der Waals surface area contributed by atoms with E-state index in [-0.39, 0.29) is 17.1 Å². The third kappa shape index (κ3) is 5.01. The van der Waals surface area contributed by atoms with E-state index in [9.17, 15) is 9.59 Å². The number of nitrogens with zero attached hydrogens (tertiary/aromatic N) is 1. The van der Waals surface area contributed by atoms with Crippen LogP contribution in [0.5, 0.6) is 23.0 Å². The van der Waals surface area contributed by atoms with Crippen LogP contribution in [0.4, 0.5) is 0 Å². The topological polar surface area (TPSA) is 87.4 Å². The molecule has 1 atom stereocenters. The molecule has 3 aromatic carbocycles. The number of hydrogen-bond donors (Lipinski definition) is 0. The van der Waals surface area contributed by atoms with Crippen molar-refractivity contribution < 1.29 is 28.2 Å². The fourth-order valence-corrected chi connectivity index (χ4v) is 5.46. The molecule has 5 rings (SSSR count). The number of ether oxygens (including phenoxy) is 4. The van der Waals surface area contributed by atoms with Gasteiger partial charge in [0.05, 0.1) is 38.3 Å². The summed E-state index contributed by atoms with van der Waals surface area (Å²) >= 11 is 0. The molecule has 1 aromatic heterocycles. The monoisotopic (exact) mass is 555 g/mol. The lowest BCUT2D eigenvalue weighted by atomic mass is 9.96. The Hall–Kier alpha value is -4.72. The molecule has 0 saturated carbocycles. The normalized spacial score (nSPS) is 14.2. The summed E-state index contributed by atoms with van der Waals surface area (Å²) in [5.74, 6) is 1.98. The highest BCUT2D eigenvalue weighted by Crippen LogP contribution is 2.41. The molecule has 1 aliphatic heterocycles. The molecule has 8 nitrogen and oxygen atoms in total. The third-order valence-electron chi connectivity index (χ3n) is 7.35. The zero-order valence-electron chi connectivity index (χ0n) is 23.9. The van der Waals surface area contributed by atoms with Gasteiger partial charge in [0, 0.05) is 6.54 Å². The Kier molecular flexibility index (Phi) is 7.75. The summed E-state index contributed by atoms with van der Waals surface area (Å²) in [4.78, 5) is 29.7. The van der Waals surface area contributed by atoms with Crippen molar-refractivity contribution in [2.45, 2.75) is 26.3 Å². The summed E-state index contributed by atoms with van der Waals surface area (Å²) in [5.41, 5.74) is 3.94. The lowest BCUT2D eigenvalue weighted by Crippen LogP contribution is -2.31. The predicted molar refractivity (Wildman–Crippen MR) is 157 cm³/mol. The minimum absolute atomic E-state index is 0.0673. The van der Waals surface area contributed by atoms with Gasteiger partial charge in [-0.25, -0.2) is 0 Å². The number of carbonyl (C=O) groups excluding carboxylic acids is 1. The molecule has 0 radical (unpaired) electrons. The first kappa shape index (κ1) is 27.8. The Bertz CT molecular complexity index is 1700. The van der Waals surface area contributed by atoms with Gasteiger partial charge in [0.1, 0.15) is 12.2 Å². The second-order valence-electron chi connectivity index (χ2n) is 9.98. The molecule has 212 valence electrons. The van der Waals surface area contributed by atoms with E-state index >= 15 is 0 Å². The summed E-state index contributed by atoms with van der Waals surface area (Å²) < 4.78 is 28.4. The lowest BCUT2D eigenvalue weighted by Gasteiger charge is -2.26. The van der Waals surface area contributed by atoms with Crippen molar-refractivity contribution in [3.63, 3.8) is 0 Å². The molecule has 41 heavy (non-hydrogen) atoms. The summed E-state index contributed by atoms with van der Waals surface area (Å²) in [6.45, 7) is 8.15. The fourth-order valence-electron chi connectivity index (χ4n) is 5.46. The van der Waals surface area contributed by atoms with Gasteiger partial charge < -0.3 is 28.3 Å². The van der Waals surface area contributed by atoms with Gasteiger partial charge in [-0.1, -0.05) is 30.9 Å². The van der Waals surface area contributed by atoms with Gasteiger partial charge >= 0.3 is 0 Å². The van der Waals surface area contributed by atoms with Crippen LogP contribution in [-0.2, 0) is 6.42 Å². The number of hydrogen-bond acceptors (Lipinski definition) is 7. The molecule has 1 aliphatic rings. The van der Waals surface area contributed by atoms with E-state index < -0.39 is 6.04 Å². The predicted octanol–water partition coefficient (Wildman–Crippen LogP) is 5.79. The number of aryl methyl sites for hydroxylation is 2. The van der Waals surface area contributed by atoms with E-state index in [0.717, 1.165) is 16.7 Å². The van der Waals surface area contributed by atoms with Crippen molar-refractivity contribution >= 4 is 16.9 Å². The van der Waals surface area contributed by atoms with Gasteiger partial charge in [-0.05, 0) is 72.9 Å². The average Bonchev–Trinajstić information content (AvgIpc) is 3.26. The first-order valence-corrected chi connectivity index (χ1v) is 13.3. The minimum Gasteiger partial charge on any atom is -0.493 e. The van der Waals surface area contributed by atoms with Crippen molar-refractivity contribution in [3.05, 3.63) is 105 Å². The molecule has 1 unspecified atom stereocenters. The highest BCUT2D eigenvalue weighted by atomic mass is 16.5. The molecule has 0 saturated heterocycles. The summed E-state index contributed by atoms with van der Waals surface area (Å²) in [7, 11) is 4.72. The number of rotatable bonds is 10. The highest BCUT2D eigenvalue weighted by molar-refractivity contribution is 5.99. The smallest absolute Gasteiger partial charge is 0.290 e. The molecule has 0 N–H and O–H groups in total. The molecule has 0 fully saturated rings. The van der Waals surface area contributed by atoms with E-state index in [0.29, 0.717) is 64.7 Å². The lowest BCUT2D eigenvalue weighted by molar-refractivity contribution is 0.0730. The Balaban J connectivity index is 1.63. The summed E-state index contributed by atoms with van der Waals surface area (Å²) in [6, 6.07) is 14.2. The first-order valence-electron chi connectivity index (χ1n) is 13.3. The molecule has 0 aliphatic carbocycles. The second kappa shape index (κ2) is 11.4. The Labute approximate surface area is 238 Å². The van der Waals surface area contributed by atoms with Gasteiger partial charge in [0.2, 0.25) is 5.76 Å². The van der Waals surface area contributed by atoms with E-state index in [1.165, 1.54) is 0 Å². The van der Waals surface area contributed by atoms with Crippen LogP contribution in [0, 0.1) is 13.8 Å². The summed E-state index contributed by atoms with van der Waals surface area (Å²) in [6.07, 6.45) is 2.16. The van der Waals surface area contributed by atoms with Crippen LogP contribution in [0.25, 0.3) is 11.0 Å². The van der Waals surface area contributed by atoms with Crippen molar-refractivity contribution in [3.8, 4) is 23.0 Å². The highest BCUT2D eigenvalue weighted by Gasteiger charge is 2.43. The SMILES string of the molecule is C=CCOc1ccc(C2c3c(oc4c(C)cc(C)cc4c3=O)C(=O)N2CCc2ccc(OC)c(OC)c2)cc1OC. The molecule has 1 amide bonds. The Morgan fingerprint density at radius 3 is 2.32 bits per heavy atom. The maximum absolute atomic E-state index is 14.1. The molecular formula is C33H33NO7. The van der Waals surface area contributed by atoms with Gasteiger partial charge in [-0.3, -0.25) is 9.59 Å². The van der Waals surface area contributed by atoms with Crippen LogP contribution in [0.15, 0.2) is 70.4 Å². The molecular weight excluding hydrogens is 522 g/mol. The minimum atomic E-state index is -0.679. The molecule has 8 heteroatoms. The quantitative estimate of drug-likeness (QED) is 0.229. The van der Waals surface area contributed by atoms with E-state index in [2.05, 4.69) is 6.58 Å². The Morgan fingerprint density at radius 2 is 1.61 bits per heavy atom. The standard InChI is InChI=1S/C33H33NO7/c1-7-14-40-25-11-9-22(18-27(25)39-6)29-28-30(35)23-16-19(2)15-20(3)31(23)41-32(28)33(36)34(29)13-12-21-8-10-24(37-4)26(17-21)38-5/h7-11,15-18,29H,1,12-14H2,2-6H3. The van der Waals surface area contributed by atoms with Crippen LogP contribution < -0.4 is 24.4 Å². The average molecular weight is 556 g/mol. The van der Waals surface area contributed by atoms with Crippen molar-refractivity contribution in [2.75, 3.05) is 34.5 Å². The zero-order chi connectivity index (χ0) is 29.3. The van der Waals surface area contributed by atoms with Crippen LogP contribution in [0.1, 0.15) is 44.4 Å². The Morgan fingerprint density at radius 1 is 0.902 bits per heavy atom. The number of methoxy groups -OCH3 is 3. The van der Waals surface area contributed by atoms with E-state index in [1.807, 2.05) is 50.2 Å². The van der Waals surface area contributed by atoms with Gasteiger partial charge in [-0.2, -0.15) is 0 Å². The maximum atomic E-state index is 14.1. The summed E-state index contributed by atoms with van der Waals surface area (Å²) in [5, 5.41) is 0.457. The van der Waals surface area contributed by atoms with Gasteiger partial charge in [-0.15, -0.1) is 0 Å². The number of benzene rings is 3. The molecule has 0 spiro atoms. The van der Waals surface area contributed by atoms with Crippen LogP contribution in [0.2, 0.25) is 0 Å². The number of carbonyl (C=O) groups is 1. The molecule has 4 aromatic rings. The fraction of sp³-hybridized carbons (Fsp3) is 0.273. The maximum Gasteiger partial charge on any atom is 0.290 e.